The fraction of sp³-hybridized carbons (Fsp3) is 0.286. The summed E-state index contributed by atoms with van der Waals surface area (Å²) in [4.78, 5) is 9.16. The molecule has 2 unspecified atom stereocenters. The van der Waals surface area contributed by atoms with E-state index in [1.807, 2.05) is 6.07 Å². The van der Waals surface area contributed by atoms with Crippen LogP contribution in [-0.2, 0) is 20.1 Å². The number of nitriles is 1. The Balaban J connectivity index is 1.71. The van der Waals surface area contributed by atoms with Gasteiger partial charge < -0.3 is 5.32 Å². The molecule has 6 nitrogen and oxygen atoms in total. The molecule has 0 bridgehead atoms. The van der Waals surface area contributed by atoms with Gasteiger partial charge in [-0.15, -0.1) is 11.3 Å². The molecule has 4 rings (SSSR count). The highest BCUT2D eigenvalue weighted by Gasteiger charge is 2.52. The number of nitrogens with zero attached hydrogens (tertiary/aromatic N) is 3. The third kappa shape index (κ3) is 3.31. The summed E-state index contributed by atoms with van der Waals surface area (Å²) < 4.78 is 40.4. The second kappa shape index (κ2) is 7.23. The molecule has 0 radical (unpaired) electrons. The quantitative estimate of drug-likeness (QED) is 0.668. The van der Waals surface area contributed by atoms with E-state index in [1.165, 1.54) is 23.6 Å². The first-order chi connectivity index (χ1) is 14.2. The summed E-state index contributed by atoms with van der Waals surface area (Å²) in [6, 6.07) is 10.2. The number of aromatic nitrogens is 2. The van der Waals surface area contributed by atoms with Crippen LogP contribution in [0.15, 0.2) is 48.9 Å². The topological polar surface area (TPSA) is 95.7 Å². The predicted molar refractivity (Wildman–Crippen MR) is 113 cm³/mol. The van der Waals surface area contributed by atoms with Crippen molar-refractivity contribution in [2.45, 2.75) is 24.1 Å². The van der Waals surface area contributed by atoms with E-state index >= 15 is 0 Å². The summed E-state index contributed by atoms with van der Waals surface area (Å²) in [5.74, 6) is -0.746. The van der Waals surface area contributed by atoms with Crippen LogP contribution in [0.2, 0.25) is 0 Å². The van der Waals surface area contributed by atoms with Crippen molar-refractivity contribution in [1.82, 2.24) is 15.3 Å². The fourth-order valence-corrected chi connectivity index (χ4v) is 6.94. The van der Waals surface area contributed by atoms with E-state index in [9.17, 15) is 12.8 Å². The van der Waals surface area contributed by atoms with Crippen molar-refractivity contribution < 1.29 is 12.8 Å². The van der Waals surface area contributed by atoms with E-state index in [1.54, 1.807) is 50.5 Å². The van der Waals surface area contributed by atoms with Crippen LogP contribution in [0, 0.1) is 17.1 Å². The second-order valence-corrected chi connectivity index (χ2v) is 11.2. The van der Waals surface area contributed by atoms with Gasteiger partial charge in [-0.05, 0) is 38.1 Å². The zero-order chi connectivity index (χ0) is 21.6. The molecule has 0 aromatic carbocycles. The molecule has 0 saturated carbocycles. The monoisotopic (exact) mass is 442 g/mol. The van der Waals surface area contributed by atoms with E-state index in [-0.39, 0.29) is 12.3 Å². The maximum absolute atomic E-state index is 15.0. The van der Waals surface area contributed by atoms with Gasteiger partial charge in [0.1, 0.15) is 16.6 Å². The van der Waals surface area contributed by atoms with E-state index in [2.05, 4.69) is 15.3 Å². The van der Waals surface area contributed by atoms with Gasteiger partial charge >= 0.3 is 0 Å². The minimum absolute atomic E-state index is 0.112. The summed E-state index contributed by atoms with van der Waals surface area (Å²) in [6.45, 7) is 3.46. The lowest BCUT2D eigenvalue weighted by molar-refractivity contribution is 0.337. The molecule has 3 aromatic rings. The normalized spacial score (nSPS) is 25.5. The number of hydrogen-bond donors (Lipinski definition) is 1. The van der Waals surface area contributed by atoms with Gasteiger partial charge in [0.2, 0.25) is 0 Å². The smallest absolute Gasteiger partial charge is 0.164 e. The molecule has 2 atom stereocenters. The van der Waals surface area contributed by atoms with Crippen LogP contribution in [0.25, 0.3) is 10.4 Å². The largest absolute Gasteiger partial charge is 0.304 e. The van der Waals surface area contributed by atoms with Crippen LogP contribution >= 0.6 is 11.3 Å². The molecule has 1 saturated heterocycles. The molecule has 0 aliphatic carbocycles. The summed E-state index contributed by atoms with van der Waals surface area (Å²) in [7, 11) is -3.66. The van der Waals surface area contributed by atoms with Gasteiger partial charge in [-0.25, -0.2) is 12.8 Å². The zero-order valence-electron chi connectivity index (χ0n) is 16.4. The van der Waals surface area contributed by atoms with Crippen molar-refractivity contribution in [2.75, 3.05) is 12.3 Å². The minimum atomic E-state index is -3.66. The minimum Gasteiger partial charge on any atom is -0.304 e. The maximum Gasteiger partial charge on any atom is 0.164 e. The SMILES string of the molecule is CC1(c2sc(-c3cncc(C#N)c3)cc2F)CS(=O)(=O)C(C)(c2ccccn2)CN1. The fourth-order valence-electron chi connectivity index (χ4n) is 3.66. The second-order valence-electron chi connectivity index (χ2n) is 7.75. The Hall–Kier alpha value is -2.67. The van der Waals surface area contributed by atoms with Gasteiger partial charge in [0.25, 0.3) is 0 Å². The number of pyridine rings is 2. The predicted octanol–water partition coefficient (Wildman–Crippen LogP) is 3.36. The average molecular weight is 443 g/mol. The number of nitrogens with one attached hydrogen (secondary N) is 1. The average Bonchev–Trinajstić information content (AvgIpc) is 3.14. The molecular weight excluding hydrogens is 423 g/mol. The molecular formula is C21H19FN4O2S2. The van der Waals surface area contributed by atoms with Crippen LogP contribution in [-0.4, -0.2) is 30.7 Å². The van der Waals surface area contributed by atoms with Crippen molar-refractivity contribution in [3.05, 3.63) is 70.9 Å². The Kier molecular flexibility index (Phi) is 4.97. The molecule has 1 aliphatic rings. The first-order valence-corrected chi connectivity index (χ1v) is 11.7. The van der Waals surface area contributed by atoms with Crippen LogP contribution in [0.5, 0.6) is 0 Å². The van der Waals surface area contributed by atoms with Crippen molar-refractivity contribution in [3.8, 4) is 16.5 Å². The highest BCUT2D eigenvalue weighted by atomic mass is 32.2. The maximum atomic E-state index is 15.0. The van der Waals surface area contributed by atoms with Gasteiger partial charge in [-0.2, -0.15) is 5.26 Å². The van der Waals surface area contributed by atoms with Crippen molar-refractivity contribution in [3.63, 3.8) is 0 Å². The molecule has 0 amide bonds. The lowest BCUT2D eigenvalue weighted by atomic mass is 9.98. The molecule has 1 N–H and O–H groups in total. The molecule has 0 spiro atoms. The van der Waals surface area contributed by atoms with Crippen molar-refractivity contribution in [2.24, 2.45) is 0 Å². The number of halogens is 1. The summed E-state index contributed by atoms with van der Waals surface area (Å²) in [5.41, 5.74) is 0.370. The van der Waals surface area contributed by atoms with Crippen molar-refractivity contribution in [1.29, 1.82) is 5.26 Å². The van der Waals surface area contributed by atoms with Gasteiger partial charge in [0.05, 0.1) is 27.4 Å². The zero-order valence-corrected chi connectivity index (χ0v) is 18.0. The Morgan fingerprint density at radius 2 is 2.07 bits per heavy atom. The summed E-state index contributed by atoms with van der Waals surface area (Å²) in [5, 5.41) is 12.3. The lowest BCUT2D eigenvalue weighted by Gasteiger charge is -2.42. The highest BCUT2D eigenvalue weighted by Crippen LogP contribution is 2.43. The molecule has 30 heavy (non-hydrogen) atoms. The van der Waals surface area contributed by atoms with Crippen molar-refractivity contribution >= 4 is 21.2 Å². The Morgan fingerprint density at radius 1 is 1.27 bits per heavy atom. The summed E-state index contributed by atoms with van der Waals surface area (Å²) in [6.07, 6.45) is 4.56. The van der Waals surface area contributed by atoms with Crippen LogP contribution in [0.4, 0.5) is 4.39 Å². The Bertz CT molecular complexity index is 1250. The van der Waals surface area contributed by atoms with Crippen LogP contribution < -0.4 is 5.32 Å². The lowest BCUT2D eigenvalue weighted by Crippen LogP contribution is -2.60. The van der Waals surface area contributed by atoms with Crippen LogP contribution in [0.3, 0.4) is 0 Å². The molecule has 1 fully saturated rings. The Morgan fingerprint density at radius 3 is 2.73 bits per heavy atom. The summed E-state index contributed by atoms with van der Waals surface area (Å²) >= 11 is 1.17. The molecule has 154 valence electrons. The molecule has 3 aromatic heterocycles. The van der Waals surface area contributed by atoms with E-state index < -0.39 is 25.9 Å². The van der Waals surface area contributed by atoms with E-state index in [0.29, 0.717) is 26.6 Å². The standard InChI is InChI=1S/C21H19FN4O2S2/c1-20(13-30(27,28)21(2,12-26-20)18-5-3-4-6-25-18)19-16(22)8-17(29-19)15-7-14(9-23)10-24-11-15/h3-8,10-11,26H,12-13H2,1-2H3. The molecule has 1 aliphatic heterocycles. The first kappa shape index (κ1) is 20.6. The molecule has 9 heteroatoms. The third-order valence-corrected chi connectivity index (χ3v) is 9.63. The Labute approximate surface area is 178 Å². The van der Waals surface area contributed by atoms with E-state index in [4.69, 9.17) is 5.26 Å². The number of hydrogen-bond acceptors (Lipinski definition) is 7. The van der Waals surface area contributed by atoms with Crippen LogP contribution in [0.1, 0.15) is 30.0 Å². The number of thiophene rings is 1. The van der Waals surface area contributed by atoms with Gasteiger partial charge in [0, 0.05) is 35.6 Å². The first-order valence-electron chi connectivity index (χ1n) is 9.23. The molecule has 4 heterocycles. The highest BCUT2D eigenvalue weighted by molar-refractivity contribution is 7.92. The number of sulfone groups is 1. The van der Waals surface area contributed by atoms with Gasteiger partial charge in [-0.3, -0.25) is 9.97 Å². The number of rotatable bonds is 3. The van der Waals surface area contributed by atoms with Gasteiger partial charge in [-0.1, -0.05) is 6.07 Å². The third-order valence-electron chi connectivity index (χ3n) is 5.53. The van der Waals surface area contributed by atoms with Gasteiger partial charge in [0.15, 0.2) is 9.84 Å². The van der Waals surface area contributed by atoms with E-state index in [0.717, 1.165) is 0 Å².